The Kier molecular flexibility index (Phi) is 2.04. The maximum absolute atomic E-state index is 11.2. The number of piperidine rings is 1. The van der Waals surface area contributed by atoms with Crippen LogP contribution in [0.1, 0.15) is 25.7 Å². The van der Waals surface area contributed by atoms with Crippen LogP contribution in [0.4, 0.5) is 0 Å². The van der Waals surface area contributed by atoms with Gasteiger partial charge in [0.15, 0.2) is 0 Å². The summed E-state index contributed by atoms with van der Waals surface area (Å²) in [5.74, 6) is -0.760. The zero-order valence-electron chi connectivity index (χ0n) is 7.57. The van der Waals surface area contributed by atoms with E-state index in [0.717, 1.165) is 19.4 Å². The molecule has 2 atom stereocenters. The minimum absolute atomic E-state index is 0.405. The van der Waals surface area contributed by atoms with Gasteiger partial charge in [-0.3, -0.25) is 9.69 Å². The molecule has 2 fully saturated rings. The first-order chi connectivity index (χ1) is 6.15. The molecule has 0 aromatic rings. The van der Waals surface area contributed by atoms with E-state index in [2.05, 4.69) is 0 Å². The molecule has 13 heavy (non-hydrogen) atoms. The van der Waals surface area contributed by atoms with Crippen LogP contribution in [-0.4, -0.2) is 45.8 Å². The Morgan fingerprint density at radius 1 is 1.46 bits per heavy atom. The second-order valence-corrected chi connectivity index (χ2v) is 4.10. The molecule has 0 aromatic carbocycles. The number of aliphatic hydroxyl groups is 1. The Balaban J connectivity index is 2.24. The fourth-order valence-electron chi connectivity index (χ4n) is 2.63. The SMILES string of the molecule is O=C(O)[C@]12CCCCN1C[C@H](O)C2. The molecule has 2 aliphatic rings. The lowest BCUT2D eigenvalue weighted by Crippen LogP contribution is -2.53. The molecule has 2 saturated heterocycles. The number of β-amino-alcohol motifs (C(OH)–C–C–N with tert-alkyl or cyclic N) is 1. The van der Waals surface area contributed by atoms with Crippen molar-refractivity contribution in [3.63, 3.8) is 0 Å². The molecule has 4 heteroatoms. The second kappa shape index (κ2) is 2.96. The first-order valence-corrected chi connectivity index (χ1v) is 4.82. The number of rotatable bonds is 1. The van der Waals surface area contributed by atoms with Gasteiger partial charge in [-0.15, -0.1) is 0 Å². The van der Waals surface area contributed by atoms with Gasteiger partial charge in [-0.2, -0.15) is 0 Å². The molecule has 0 radical (unpaired) electrons. The van der Waals surface area contributed by atoms with E-state index < -0.39 is 17.6 Å². The second-order valence-electron chi connectivity index (χ2n) is 4.10. The fourth-order valence-corrected chi connectivity index (χ4v) is 2.63. The Morgan fingerprint density at radius 2 is 2.23 bits per heavy atom. The summed E-state index contributed by atoms with van der Waals surface area (Å²) in [5, 5.41) is 18.6. The smallest absolute Gasteiger partial charge is 0.324 e. The number of nitrogens with zero attached hydrogens (tertiary/aromatic N) is 1. The van der Waals surface area contributed by atoms with E-state index in [4.69, 9.17) is 5.11 Å². The van der Waals surface area contributed by atoms with Gasteiger partial charge < -0.3 is 10.2 Å². The Labute approximate surface area is 77.2 Å². The van der Waals surface area contributed by atoms with Crippen LogP contribution in [0, 0.1) is 0 Å². The lowest BCUT2D eigenvalue weighted by molar-refractivity contribution is -0.151. The summed E-state index contributed by atoms with van der Waals surface area (Å²) in [6.45, 7) is 1.36. The number of fused-ring (bicyclic) bond motifs is 1. The molecule has 4 nitrogen and oxygen atoms in total. The van der Waals surface area contributed by atoms with Crippen molar-refractivity contribution >= 4 is 5.97 Å². The van der Waals surface area contributed by atoms with Gasteiger partial charge in [0.1, 0.15) is 5.54 Å². The van der Waals surface area contributed by atoms with E-state index in [1.165, 1.54) is 0 Å². The monoisotopic (exact) mass is 185 g/mol. The molecule has 0 unspecified atom stereocenters. The Morgan fingerprint density at radius 3 is 2.85 bits per heavy atom. The van der Waals surface area contributed by atoms with Gasteiger partial charge in [-0.1, -0.05) is 0 Å². The van der Waals surface area contributed by atoms with Crippen LogP contribution >= 0.6 is 0 Å². The number of carboxylic acids is 1. The van der Waals surface area contributed by atoms with Crippen LogP contribution in [0.15, 0.2) is 0 Å². The highest BCUT2D eigenvalue weighted by Crippen LogP contribution is 2.37. The minimum atomic E-state index is -0.760. The first-order valence-electron chi connectivity index (χ1n) is 4.82. The lowest BCUT2D eigenvalue weighted by Gasteiger charge is -2.38. The van der Waals surface area contributed by atoms with Crippen molar-refractivity contribution in [1.82, 2.24) is 4.90 Å². The Bertz CT molecular complexity index is 231. The quantitative estimate of drug-likeness (QED) is 0.606. The van der Waals surface area contributed by atoms with Crippen molar-refractivity contribution < 1.29 is 15.0 Å². The third kappa shape index (κ3) is 1.25. The van der Waals surface area contributed by atoms with Gasteiger partial charge >= 0.3 is 5.97 Å². The highest BCUT2D eigenvalue weighted by atomic mass is 16.4. The molecule has 0 aromatic heterocycles. The van der Waals surface area contributed by atoms with Gasteiger partial charge in [0, 0.05) is 13.0 Å². The van der Waals surface area contributed by atoms with E-state index in [9.17, 15) is 9.90 Å². The summed E-state index contributed by atoms with van der Waals surface area (Å²) in [7, 11) is 0. The van der Waals surface area contributed by atoms with E-state index >= 15 is 0 Å². The topological polar surface area (TPSA) is 60.8 Å². The molecule has 2 aliphatic heterocycles. The van der Waals surface area contributed by atoms with Gasteiger partial charge in [0.25, 0.3) is 0 Å². The van der Waals surface area contributed by atoms with Crippen LogP contribution < -0.4 is 0 Å². The van der Waals surface area contributed by atoms with Crippen molar-refractivity contribution in [2.75, 3.05) is 13.1 Å². The van der Waals surface area contributed by atoms with Crippen molar-refractivity contribution in [3.05, 3.63) is 0 Å². The molecular formula is C9H15NO3. The van der Waals surface area contributed by atoms with Gasteiger partial charge in [-0.25, -0.2) is 0 Å². The molecule has 0 saturated carbocycles. The molecule has 0 amide bonds. The zero-order valence-corrected chi connectivity index (χ0v) is 7.57. The van der Waals surface area contributed by atoms with Crippen LogP contribution in [0.5, 0.6) is 0 Å². The van der Waals surface area contributed by atoms with E-state index in [-0.39, 0.29) is 0 Å². The summed E-state index contributed by atoms with van der Waals surface area (Å²) in [6.07, 6.45) is 2.67. The molecule has 2 rings (SSSR count). The molecular weight excluding hydrogens is 170 g/mol. The predicted molar refractivity (Wildman–Crippen MR) is 46.4 cm³/mol. The standard InChI is InChI=1S/C9H15NO3/c11-7-5-9(8(12)13)3-1-2-4-10(9)6-7/h7,11H,1-6H2,(H,12,13)/t7-,9-/m1/s1. The molecule has 0 spiro atoms. The highest BCUT2D eigenvalue weighted by molar-refractivity contribution is 5.79. The van der Waals surface area contributed by atoms with Crippen LogP contribution in [-0.2, 0) is 4.79 Å². The Hall–Kier alpha value is -0.610. The van der Waals surface area contributed by atoms with Crippen molar-refractivity contribution in [2.24, 2.45) is 0 Å². The van der Waals surface area contributed by atoms with Gasteiger partial charge in [0.2, 0.25) is 0 Å². The zero-order chi connectivity index (χ0) is 9.47. The number of carboxylic acid groups (broad SMARTS) is 1. The number of hydrogen-bond donors (Lipinski definition) is 2. The number of hydrogen-bond acceptors (Lipinski definition) is 3. The highest BCUT2D eigenvalue weighted by Gasteiger charge is 2.51. The number of carbonyl (C=O) groups is 1. The third-order valence-electron chi connectivity index (χ3n) is 3.28. The molecule has 0 bridgehead atoms. The van der Waals surface area contributed by atoms with Crippen LogP contribution in [0.2, 0.25) is 0 Å². The van der Waals surface area contributed by atoms with Crippen LogP contribution in [0.25, 0.3) is 0 Å². The first kappa shape index (κ1) is 8.97. The minimum Gasteiger partial charge on any atom is -0.480 e. The van der Waals surface area contributed by atoms with Crippen molar-refractivity contribution in [1.29, 1.82) is 0 Å². The predicted octanol–water partition coefficient (Wildman–Crippen LogP) is 0.0603. The fraction of sp³-hybridized carbons (Fsp3) is 0.889. The molecule has 0 aliphatic carbocycles. The number of aliphatic hydroxyl groups excluding tert-OH is 1. The normalized spacial score (nSPS) is 40.2. The van der Waals surface area contributed by atoms with Crippen molar-refractivity contribution in [2.45, 2.75) is 37.3 Å². The molecule has 2 N–H and O–H groups in total. The summed E-state index contributed by atoms with van der Waals surface area (Å²) < 4.78 is 0. The average Bonchev–Trinajstić information content (AvgIpc) is 2.41. The van der Waals surface area contributed by atoms with Gasteiger partial charge in [0.05, 0.1) is 6.10 Å². The van der Waals surface area contributed by atoms with E-state index in [1.807, 2.05) is 4.90 Å². The van der Waals surface area contributed by atoms with Crippen molar-refractivity contribution in [3.8, 4) is 0 Å². The van der Waals surface area contributed by atoms with Gasteiger partial charge in [-0.05, 0) is 25.8 Å². The summed E-state index contributed by atoms with van der Waals surface area (Å²) in [4.78, 5) is 13.1. The summed E-state index contributed by atoms with van der Waals surface area (Å²) in [6, 6.07) is 0. The summed E-state index contributed by atoms with van der Waals surface area (Å²) >= 11 is 0. The summed E-state index contributed by atoms with van der Waals surface area (Å²) in [5.41, 5.74) is -0.738. The van der Waals surface area contributed by atoms with E-state index in [0.29, 0.717) is 19.4 Å². The number of aliphatic carboxylic acids is 1. The molecule has 74 valence electrons. The average molecular weight is 185 g/mol. The third-order valence-corrected chi connectivity index (χ3v) is 3.28. The molecule has 2 heterocycles. The maximum Gasteiger partial charge on any atom is 0.324 e. The van der Waals surface area contributed by atoms with Crippen LogP contribution in [0.3, 0.4) is 0 Å². The van der Waals surface area contributed by atoms with E-state index in [1.54, 1.807) is 0 Å². The lowest BCUT2D eigenvalue weighted by atomic mass is 9.86. The maximum atomic E-state index is 11.2. The largest absolute Gasteiger partial charge is 0.480 e.